The third kappa shape index (κ3) is 4.06. The summed E-state index contributed by atoms with van der Waals surface area (Å²) >= 11 is 0. The van der Waals surface area contributed by atoms with Crippen LogP contribution >= 0.6 is 0 Å². The molecule has 96 valence electrons. The SMILES string of the molecule is CCC(C)CC(O)C(OC)C1CCCCC1. The lowest BCUT2D eigenvalue weighted by molar-refractivity contribution is -0.0619. The predicted molar refractivity (Wildman–Crippen MR) is 67.5 cm³/mol. The zero-order chi connectivity index (χ0) is 12.0. The summed E-state index contributed by atoms with van der Waals surface area (Å²) in [6.45, 7) is 4.39. The molecule has 0 aromatic carbocycles. The van der Waals surface area contributed by atoms with Gasteiger partial charge in [-0.15, -0.1) is 0 Å². The topological polar surface area (TPSA) is 29.5 Å². The van der Waals surface area contributed by atoms with Crippen molar-refractivity contribution in [2.75, 3.05) is 7.11 Å². The van der Waals surface area contributed by atoms with Crippen LogP contribution in [0.1, 0.15) is 58.8 Å². The van der Waals surface area contributed by atoms with Gasteiger partial charge in [-0.3, -0.25) is 0 Å². The van der Waals surface area contributed by atoms with E-state index in [0.29, 0.717) is 11.8 Å². The number of aliphatic hydroxyl groups is 1. The summed E-state index contributed by atoms with van der Waals surface area (Å²) in [5, 5.41) is 10.2. The van der Waals surface area contributed by atoms with Gasteiger partial charge in [0.05, 0.1) is 12.2 Å². The maximum absolute atomic E-state index is 10.2. The second-order valence-corrected chi connectivity index (χ2v) is 5.41. The van der Waals surface area contributed by atoms with Crippen LogP contribution < -0.4 is 0 Å². The molecule has 0 aromatic heterocycles. The molecule has 1 fully saturated rings. The third-order valence-electron chi connectivity index (χ3n) is 4.11. The van der Waals surface area contributed by atoms with E-state index >= 15 is 0 Å². The van der Waals surface area contributed by atoms with Crippen molar-refractivity contribution < 1.29 is 9.84 Å². The van der Waals surface area contributed by atoms with Crippen molar-refractivity contribution in [1.29, 1.82) is 0 Å². The summed E-state index contributed by atoms with van der Waals surface area (Å²) in [4.78, 5) is 0. The molecule has 0 aliphatic heterocycles. The van der Waals surface area contributed by atoms with Crippen LogP contribution in [-0.4, -0.2) is 24.4 Å². The summed E-state index contributed by atoms with van der Waals surface area (Å²) in [5.74, 6) is 1.18. The Hall–Kier alpha value is -0.0800. The van der Waals surface area contributed by atoms with Gasteiger partial charge in [-0.05, 0) is 31.1 Å². The summed E-state index contributed by atoms with van der Waals surface area (Å²) in [6, 6.07) is 0. The van der Waals surface area contributed by atoms with Gasteiger partial charge in [0.15, 0.2) is 0 Å². The fourth-order valence-electron chi connectivity index (χ4n) is 2.84. The van der Waals surface area contributed by atoms with Crippen LogP contribution in [0.4, 0.5) is 0 Å². The van der Waals surface area contributed by atoms with Gasteiger partial charge in [0, 0.05) is 7.11 Å². The number of hydrogen-bond acceptors (Lipinski definition) is 2. The first-order chi connectivity index (χ1) is 7.69. The smallest absolute Gasteiger partial charge is 0.0858 e. The molecule has 2 nitrogen and oxygen atoms in total. The summed E-state index contributed by atoms with van der Waals surface area (Å²) < 4.78 is 5.55. The van der Waals surface area contributed by atoms with Crippen molar-refractivity contribution in [3.8, 4) is 0 Å². The number of ether oxygens (including phenoxy) is 1. The maximum Gasteiger partial charge on any atom is 0.0858 e. The van der Waals surface area contributed by atoms with Crippen molar-refractivity contribution in [3.63, 3.8) is 0 Å². The van der Waals surface area contributed by atoms with Crippen LogP contribution in [0.5, 0.6) is 0 Å². The minimum atomic E-state index is -0.275. The molecule has 2 heteroatoms. The molecule has 0 bridgehead atoms. The van der Waals surface area contributed by atoms with Crippen LogP contribution in [0.2, 0.25) is 0 Å². The Bertz CT molecular complexity index is 176. The van der Waals surface area contributed by atoms with Gasteiger partial charge < -0.3 is 9.84 Å². The van der Waals surface area contributed by atoms with E-state index in [1.165, 1.54) is 32.1 Å². The average molecular weight is 228 g/mol. The molecular formula is C14H28O2. The summed E-state index contributed by atoms with van der Waals surface area (Å²) in [5.41, 5.74) is 0. The molecule has 0 aromatic rings. The van der Waals surface area contributed by atoms with Gasteiger partial charge in [0.1, 0.15) is 0 Å². The quantitative estimate of drug-likeness (QED) is 0.755. The van der Waals surface area contributed by atoms with Gasteiger partial charge in [-0.2, -0.15) is 0 Å². The van der Waals surface area contributed by atoms with E-state index in [4.69, 9.17) is 4.74 Å². The Morgan fingerprint density at radius 2 is 1.88 bits per heavy atom. The van der Waals surface area contributed by atoms with Crippen LogP contribution in [0.3, 0.4) is 0 Å². The van der Waals surface area contributed by atoms with Gasteiger partial charge in [0.2, 0.25) is 0 Å². The van der Waals surface area contributed by atoms with Crippen molar-refractivity contribution in [3.05, 3.63) is 0 Å². The molecule has 1 rings (SSSR count). The highest BCUT2D eigenvalue weighted by molar-refractivity contribution is 4.80. The normalized spacial score (nSPS) is 24.0. The van der Waals surface area contributed by atoms with E-state index in [1.54, 1.807) is 7.11 Å². The van der Waals surface area contributed by atoms with Crippen molar-refractivity contribution in [1.82, 2.24) is 0 Å². The molecule has 0 spiro atoms. The van der Waals surface area contributed by atoms with Crippen molar-refractivity contribution in [2.24, 2.45) is 11.8 Å². The lowest BCUT2D eigenvalue weighted by atomic mass is 9.81. The van der Waals surface area contributed by atoms with Crippen LogP contribution in [0, 0.1) is 11.8 Å². The lowest BCUT2D eigenvalue weighted by Crippen LogP contribution is -2.37. The molecule has 3 atom stereocenters. The standard InChI is InChI=1S/C14H28O2/c1-4-11(2)10-13(15)14(16-3)12-8-6-5-7-9-12/h11-15H,4-10H2,1-3H3. The first kappa shape index (κ1) is 14.0. The highest BCUT2D eigenvalue weighted by Crippen LogP contribution is 2.30. The van der Waals surface area contributed by atoms with E-state index < -0.39 is 0 Å². The highest BCUT2D eigenvalue weighted by atomic mass is 16.5. The molecule has 16 heavy (non-hydrogen) atoms. The Morgan fingerprint density at radius 3 is 2.38 bits per heavy atom. The van der Waals surface area contributed by atoms with Crippen molar-refractivity contribution in [2.45, 2.75) is 71.0 Å². The van der Waals surface area contributed by atoms with Gasteiger partial charge in [-0.25, -0.2) is 0 Å². The molecule has 1 aliphatic carbocycles. The maximum atomic E-state index is 10.2. The minimum absolute atomic E-state index is 0.0642. The molecule has 0 radical (unpaired) electrons. The Morgan fingerprint density at radius 1 is 1.25 bits per heavy atom. The second kappa shape index (κ2) is 7.29. The van der Waals surface area contributed by atoms with Crippen LogP contribution in [0.15, 0.2) is 0 Å². The van der Waals surface area contributed by atoms with Gasteiger partial charge in [-0.1, -0.05) is 39.5 Å². The third-order valence-corrected chi connectivity index (χ3v) is 4.11. The molecule has 0 saturated heterocycles. The molecular weight excluding hydrogens is 200 g/mol. The summed E-state index contributed by atoms with van der Waals surface area (Å²) in [7, 11) is 1.75. The average Bonchev–Trinajstić information content (AvgIpc) is 2.31. The number of methoxy groups -OCH3 is 1. The molecule has 1 N–H and O–H groups in total. The fourth-order valence-corrected chi connectivity index (χ4v) is 2.84. The largest absolute Gasteiger partial charge is 0.390 e. The van der Waals surface area contributed by atoms with Gasteiger partial charge in [0.25, 0.3) is 0 Å². The van der Waals surface area contributed by atoms with E-state index in [-0.39, 0.29) is 12.2 Å². The molecule has 0 heterocycles. The Balaban J connectivity index is 2.44. The fraction of sp³-hybridized carbons (Fsp3) is 1.00. The number of aliphatic hydroxyl groups excluding tert-OH is 1. The van der Waals surface area contributed by atoms with Crippen LogP contribution in [-0.2, 0) is 4.74 Å². The zero-order valence-electron chi connectivity index (χ0n) is 11.1. The predicted octanol–water partition coefficient (Wildman–Crippen LogP) is 3.38. The molecule has 3 unspecified atom stereocenters. The lowest BCUT2D eigenvalue weighted by Gasteiger charge is -2.33. The number of hydrogen-bond donors (Lipinski definition) is 1. The molecule has 1 aliphatic rings. The number of rotatable bonds is 6. The Kier molecular flexibility index (Phi) is 6.37. The second-order valence-electron chi connectivity index (χ2n) is 5.41. The monoisotopic (exact) mass is 228 g/mol. The molecule has 0 amide bonds. The zero-order valence-corrected chi connectivity index (χ0v) is 11.1. The van der Waals surface area contributed by atoms with Crippen LogP contribution in [0.25, 0.3) is 0 Å². The molecule has 1 saturated carbocycles. The first-order valence-electron chi connectivity index (χ1n) is 6.89. The Labute approximate surface area is 100 Å². The van der Waals surface area contributed by atoms with E-state index in [9.17, 15) is 5.11 Å². The van der Waals surface area contributed by atoms with Crippen molar-refractivity contribution >= 4 is 0 Å². The first-order valence-corrected chi connectivity index (χ1v) is 6.89. The summed E-state index contributed by atoms with van der Waals surface area (Å²) in [6.07, 6.45) is 8.24. The van der Waals surface area contributed by atoms with E-state index in [2.05, 4.69) is 13.8 Å². The van der Waals surface area contributed by atoms with Gasteiger partial charge >= 0.3 is 0 Å². The highest BCUT2D eigenvalue weighted by Gasteiger charge is 2.29. The van der Waals surface area contributed by atoms with E-state index in [0.717, 1.165) is 12.8 Å². The minimum Gasteiger partial charge on any atom is -0.390 e. The van der Waals surface area contributed by atoms with E-state index in [1.807, 2.05) is 0 Å².